The number of benzene rings is 1. The lowest BCUT2D eigenvalue weighted by molar-refractivity contribution is 1.42. The summed E-state index contributed by atoms with van der Waals surface area (Å²) < 4.78 is 0. The first-order chi connectivity index (χ1) is 6.69. The lowest BCUT2D eigenvalue weighted by Crippen LogP contribution is -1.86. The molecular weight excluding hydrogens is 168 g/mol. The first-order valence-corrected chi connectivity index (χ1v) is 4.74. The Morgan fingerprint density at radius 1 is 1.36 bits per heavy atom. The summed E-state index contributed by atoms with van der Waals surface area (Å²) in [7, 11) is 0. The number of aryl methyl sites for hydroxylation is 1. The summed E-state index contributed by atoms with van der Waals surface area (Å²) in [5.74, 6) is 0. The van der Waals surface area contributed by atoms with Gasteiger partial charge in [-0.1, -0.05) is 43.5 Å². The molecule has 72 valence electrons. The van der Waals surface area contributed by atoms with E-state index in [1.54, 1.807) is 6.08 Å². The standard InChI is InChI=1S/C14H16/c1-5-7-13-9-8-12(4)14(10-13)11(3)6-2/h5-10H,2-3H2,1,4H3. The highest BCUT2D eigenvalue weighted by Gasteiger charge is 1.99. The fraction of sp³-hybridized carbons (Fsp3) is 0.143. The topological polar surface area (TPSA) is 0 Å². The van der Waals surface area contributed by atoms with Crippen molar-refractivity contribution >= 4 is 11.6 Å². The van der Waals surface area contributed by atoms with Crippen molar-refractivity contribution in [3.05, 3.63) is 60.2 Å². The average Bonchev–Trinajstić information content (AvgIpc) is 2.20. The van der Waals surface area contributed by atoms with Crippen LogP contribution in [0.15, 0.2) is 43.5 Å². The number of rotatable bonds is 3. The highest BCUT2D eigenvalue weighted by atomic mass is 14.0. The van der Waals surface area contributed by atoms with Crippen LogP contribution in [0.25, 0.3) is 11.6 Å². The minimum absolute atomic E-state index is 0.980. The molecule has 0 amide bonds. The molecule has 0 N–H and O–H groups in total. The molecule has 1 aromatic rings. The van der Waals surface area contributed by atoms with Crippen LogP contribution in [0.1, 0.15) is 23.6 Å². The molecule has 14 heavy (non-hydrogen) atoms. The van der Waals surface area contributed by atoms with Crippen LogP contribution in [0, 0.1) is 6.92 Å². The molecular formula is C14H16. The first kappa shape index (κ1) is 10.5. The van der Waals surface area contributed by atoms with E-state index in [1.807, 2.05) is 13.0 Å². The van der Waals surface area contributed by atoms with Crippen molar-refractivity contribution in [1.29, 1.82) is 0 Å². The van der Waals surface area contributed by atoms with Crippen LogP contribution in [0.3, 0.4) is 0 Å². The van der Waals surface area contributed by atoms with Gasteiger partial charge in [-0.25, -0.2) is 0 Å². The first-order valence-electron chi connectivity index (χ1n) is 4.74. The monoisotopic (exact) mass is 184 g/mol. The fourth-order valence-electron chi connectivity index (χ4n) is 1.39. The summed E-state index contributed by atoms with van der Waals surface area (Å²) in [6, 6.07) is 6.36. The molecule has 0 fully saturated rings. The summed E-state index contributed by atoms with van der Waals surface area (Å²) in [4.78, 5) is 0. The lowest BCUT2D eigenvalue weighted by atomic mass is 9.99. The van der Waals surface area contributed by atoms with Gasteiger partial charge >= 0.3 is 0 Å². The van der Waals surface area contributed by atoms with E-state index in [2.05, 4.69) is 44.4 Å². The van der Waals surface area contributed by atoms with Crippen molar-refractivity contribution in [2.75, 3.05) is 0 Å². The molecule has 0 aromatic heterocycles. The molecule has 0 saturated carbocycles. The summed E-state index contributed by atoms with van der Waals surface area (Å²) in [6.45, 7) is 11.8. The summed E-state index contributed by atoms with van der Waals surface area (Å²) in [5, 5.41) is 0. The maximum absolute atomic E-state index is 3.96. The fourth-order valence-corrected chi connectivity index (χ4v) is 1.39. The third-order valence-electron chi connectivity index (χ3n) is 2.21. The molecule has 0 heterocycles. The van der Waals surface area contributed by atoms with E-state index in [0.29, 0.717) is 0 Å². The van der Waals surface area contributed by atoms with Gasteiger partial charge in [-0.15, -0.1) is 0 Å². The van der Waals surface area contributed by atoms with Gasteiger partial charge in [-0.3, -0.25) is 0 Å². The van der Waals surface area contributed by atoms with E-state index >= 15 is 0 Å². The third-order valence-corrected chi connectivity index (χ3v) is 2.21. The highest BCUT2D eigenvalue weighted by molar-refractivity contribution is 5.75. The van der Waals surface area contributed by atoms with Gasteiger partial charge in [0.05, 0.1) is 0 Å². The van der Waals surface area contributed by atoms with E-state index in [0.717, 1.165) is 5.57 Å². The van der Waals surface area contributed by atoms with Crippen LogP contribution in [0.5, 0.6) is 0 Å². The summed E-state index contributed by atoms with van der Waals surface area (Å²) >= 11 is 0. The molecule has 1 aromatic carbocycles. The van der Waals surface area contributed by atoms with E-state index in [4.69, 9.17) is 0 Å². The molecule has 0 bridgehead atoms. The second kappa shape index (κ2) is 4.61. The Labute approximate surface area is 86.3 Å². The van der Waals surface area contributed by atoms with E-state index < -0.39 is 0 Å². The van der Waals surface area contributed by atoms with Crippen LogP contribution in [-0.4, -0.2) is 0 Å². The molecule has 1 rings (SSSR count). The van der Waals surface area contributed by atoms with Gasteiger partial charge in [0.2, 0.25) is 0 Å². The van der Waals surface area contributed by atoms with Crippen LogP contribution >= 0.6 is 0 Å². The zero-order chi connectivity index (χ0) is 10.6. The second-order valence-corrected chi connectivity index (χ2v) is 3.30. The third kappa shape index (κ3) is 2.23. The quantitative estimate of drug-likeness (QED) is 0.617. The van der Waals surface area contributed by atoms with Crippen molar-refractivity contribution in [2.45, 2.75) is 13.8 Å². The van der Waals surface area contributed by atoms with Crippen LogP contribution in [-0.2, 0) is 0 Å². The molecule has 0 aliphatic heterocycles. The highest BCUT2D eigenvalue weighted by Crippen LogP contribution is 2.20. The molecule has 0 aliphatic rings. The zero-order valence-electron chi connectivity index (χ0n) is 8.88. The summed E-state index contributed by atoms with van der Waals surface area (Å²) in [6.07, 6.45) is 5.91. The molecule has 0 aliphatic carbocycles. The Morgan fingerprint density at radius 3 is 2.64 bits per heavy atom. The van der Waals surface area contributed by atoms with E-state index in [1.165, 1.54) is 16.7 Å². The average molecular weight is 184 g/mol. The summed E-state index contributed by atoms with van der Waals surface area (Å²) in [5.41, 5.74) is 4.60. The SMILES string of the molecule is C=CC(=C)c1cc(C=CC)ccc1C. The Kier molecular flexibility index (Phi) is 3.47. The zero-order valence-corrected chi connectivity index (χ0v) is 8.88. The number of allylic oxidation sites excluding steroid dienone is 3. The molecule has 0 saturated heterocycles. The normalized spacial score (nSPS) is 10.4. The van der Waals surface area contributed by atoms with Crippen LogP contribution < -0.4 is 0 Å². The van der Waals surface area contributed by atoms with Crippen molar-refractivity contribution in [1.82, 2.24) is 0 Å². The van der Waals surface area contributed by atoms with E-state index in [9.17, 15) is 0 Å². The van der Waals surface area contributed by atoms with Gasteiger partial charge in [0.25, 0.3) is 0 Å². The van der Waals surface area contributed by atoms with Gasteiger partial charge in [-0.2, -0.15) is 0 Å². The van der Waals surface area contributed by atoms with Gasteiger partial charge < -0.3 is 0 Å². The number of hydrogen-bond donors (Lipinski definition) is 0. The molecule has 0 spiro atoms. The second-order valence-electron chi connectivity index (χ2n) is 3.30. The van der Waals surface area contributed by atoms with Crippen LogP contribution in [0.4, 0.5) is 0 Å². The van der Waals surface area contributed by atoms with Crippen molar-refractivity contribution in [3.8, 4) is 0 Å². The molecule has 0 unspecified atom stereocenters. The maximum atomic E-state index is 3.96. The Balaban J connectivity index is 3.20. The molecule has 0 atom stereocenters. The Bertz CT molecular complexity index is 381. The molecule has 0 heteroatoms. The number of hydrogen-bond acceptors (Lipinski definition) is 0. The predicted molar refractivity (Wildman–Crippen MR) is 65.1 cm³/mol. The van der Waals surface area contributed by atoms with Gasteiger partial charge in [-0.05, 0) is 42.2 Å². The van der Waals surface area contributed by atoms with Crippen molar-refractivity contribution in [3.63, 3.8) is 0 Å². The van der Waals surface area contributed by atoms with Gasteiger partial charge in [0, 0.05) is 0 Å². The Hall–Kier alpha value is -1.56. The minimum atomic E-state index is 0.980. The van der Waals surface area contributed by atoms with Gasteiger partial charge in [0.1, 0.15) is 0 Å². The van der Waals surface area contributed by atoms with Crippen LogP contribution in [0.2, 0.25) is 0 Å². The van der Waals surface area contributed by atoms with Crippen molar-refractivity contribution < 1.29 is 0 Å². The van der Waals surface area contributed by atoms with Crippen molar-refractivity contribution in [2.24, 2.45) is 0 Å². The largest absolute Gasteiger partial charge is 0.0985 e. The maximum Gasteiger partial charge on any atom is -0.0155 e. The lowest BCUT2D eigenvalue weighted by Gasteiger charge is -2.06. The van der Waals surface area contributed by atoms with E-state index in [-0.39, 0.29) is 0 Å². The minimum Gasteiger partial charge on any atom is -0.0985 e. The Morgan fingerprint density at radius 2 is 2.07 bits per heavy atom. The smallest absolute Gasteiger partial charge is 0.0155 e. The van der Waals surface area contributed by atoms with Gasteiger partial charge in [0.15, 0.2) is 0 Å². The molecule has 0 radical (unpaired) electrons. The molecule has 0 nitrogen and oxygen atoms in total. The predicted octanol–water partition coefficient (Wildman–Crippen LogP) is 4.23.